The van der Waals surface area contributed by atoms with Crippen LogP contribution in [-0.4, -0.2) is 42.2 Å². The number of likely N-dealkylation sites (N-methyl/N-ethyl adjacent to an activating group) is 1. The van der Waals surface area contributed by atoms with Gasteiger partial charge in [-0.15, -0.1) is 11.8 Å². The van der Waals surface area contributed by atoms with E-state index in [1.54, 1.807) is 11.8 Å². The topological polar surface area (TPSA) is 67.4 Å². The molecule has 0 bridgehead atoms. The Morgan fingerprint density at radius 2 is 0.852 bits per heavy atom. The van der Waals surface area contributed by atoms with Crippen molar-refractivity contribution in [1.82, 2.24) is 10.6 Å². The molecule has 0 heterocycles. The number of amides is 1. The molecule has 6 rings (SSSR count). The smallest absolute Gasteiger partial charge is 0.343 e. The van der Waals surface area contributed by atoms with E-state index in [1.165, 1.54) is 11.8 Å². The highest BCUT2D eigenvalue weighted by Gasteiger charge is 2.53. The normalized spacial score (nSPS) is 12.7. The van der Waals surface area contributed by atoms with Gasteiger partial charge in [0.1, 0.15) is 0 Å². The molecule has 6 aromatic carbocycles. The number of thioether (sulfide) groups is 2. The summed E-state index contributed by atoms with van der Waals surface area (Å²) in [5, 5.41) is 6.48. The molecule has 6 aromatic rings. The van der Waals surface area contributed by atoms with Crippen LogP contribution in [-0.2, 0) is 23.8 Å². The van der Waals surface area contributed by atoms with Gasteiger partial charge in [0.2, 0.25) is 5.91 Å². The predicted molar refractivity (Wildman–Crippen MR) is 225 cm³/mol. The van der Waals surface area contributed by atoms with Crippen LogP contribution in [0.3, 0.4) is 0 Å². The van der Waals surface area contributed by atoms with Crippen molar-refractivity contribution in [3.63, 3.8) is 0 Å². The maximum atomic E-state index is 15.1. The molecule has 0 saturated carbocycles. The molecule has 1 amide bonds. The monoisotopic (exact) mass is 750 g/mol. The molecular formula is C47H46N2O3S2. The van der Waals surface area contributed by atoms with Crippen LogP contribution < -0.4 is 10.6 Å². The summed E-state index contributed by atoms with van der Waals surface area (Å²) in [7, 11) is 0. The minimum absolute atomic E-state index is 0.0408. The second-order valence-corrected chi connectivity index (χ2v) is 15.5. The van der Waals surface area contributed by atoms with Gasteiger partial charge in [0.05, 0.1) is 22.6 Å². The molecule has 7 heteroatoms. The molecule has 0 aromatic heterocycles. The fourth-order valence-corrected chi connectivity index (χ4v) is 10.5. The third kappa shape index (κ3) is 8.19. The number of carbonyl (C=O) groups excluding carboxylic acids is 2. The molecule has 1 atom stereocenters. The maximum Gasteiger partial charge on any atom is 0.343 e. The van der Waals surface area contributed by atoms with Gasteiger partial charge < -0.3 is 15.4 Å². The van der Waals surface area contributed by atoms with Crippen LogP contribution in [0.2, 0.25) is 0 Å². The van der Waals surface area contributed by atoms with E-state index in [1.807, 2.05) is 123 Å². The zero-order chi connectivity index (χ0) is 37.7. The van der Waals surface area contributed by atoms with E-state index >= 15 is 4.79 Å². The van der Waals surface area contributed by atoms with E-state index in [0.717, 1.165) is 33.4 Å². The summed E-state index contributed by atoms with van der Waals surface area (Å²) < 4.78 is 4.31. The van der Waals surface area contributed by atoms with Gasteiger partial charge in [-0.1, -0.05) is 201 Å². The Morgan fingerprint density at radius 1 is 0.519 bits per heavy atom. The largest absolute Gasteiger partial charge is 0.464 e. The number of esters is 1. The highest BCUT2D eigenvalue weighted by molar-refractivity contribution is 8.05. The summed E-state index contributed by atoms with van der Waals surface area (Å²) in [4.78, 5) is 27.6. The van der Waals surface area contributed by atoms with Crippen LogP contribution in [0.1, 0.15) is 47.2 Å². The van der Waals surface area contributed by atoms with Crippen molar-refractivity contribution < 1.29 is 14.3 Å². The molecule has 0 saturated heterocycles. The number of hydrogen-bond acceptors (Lipinski definition) is 6. The van der Waals surface area contributed by atoms with Gasteiger partial charge >= 0.3 is 5.97 Å². The van der Waals surface area contributed by atoms with Gasteiger partial charge in [0.25, 0.3) is 0 Å². The standard InChI is InChI=1S/C47H46N2O3S2/c1-3-48-35-43(50)49-45(44(51)52-4-2,54-47(40-29-17-8-18-30-40,41-31-19-9-20-32-41)42-33-21-10-22-34-42)36-53-46(37-23-11-5-12-24-37,38-25-13-6-14-26-38)39-27-15-7-16-28-39/h5-34,48H,3-4,35-36H2,1-2H3,(H,49,50)/t45-/m1/s1. The lowest BCUT2D eigenvalue weighted by Gasteiger charge is -2.45. The van der Waals surface area contributed by atoms with Crippen LogP contribution in [0.25, 0.3) is 0 Å². The summed E-state index contributed by atoms with van der Waals surface area (Å²) in [6, 6.07) is 61.8. The summed E-state index contributed by atoms with van der Waals surface area (Å²) in [5.41, 5.74) is 6.05. The molecule has 2 N–H and O–H groups in total. The van der Waals surface area contributed by atoms with Crippen molar-refractivity contribution in [2.45, 2.75) is 28.2 Å². The molecule has 0 unspecified atom stereocenters. The van der Waals surface area contributed by atoms with E-state index < -0.39 is 20.3 Å². The van der Waals surface area contributed by atoms with Gasteiger partial charge in [0.15, 0.2) is 4.87 Å². The van der Waals surface area contributed by atoms with Crippen molar-refractivity contribution in [1.29, 1.82) is 0 Å². The molecule has 0 aliphatic rings. The molecule has 0 aliphatic heterocycles. The molecule has 0 radical (unpaired) electrons. The maximum absolute atomic E-state index is 15.1. The van der Waals surface area contributed by atoms with Crippen molar-refractivity contribution in [2.75, 3.05) is 25.4 Å². The summed E-state index contributed by atoms with van der Waals surface area (Å²) in [6.45, 7) is 4.55. The molecule has 0 fully saturated rings. The highest BCUT2D eigenvalue weighted by Crippen LogP contribution is 2.56. The first kappa shape index (κ1) is 38.6. The fourth-order valence-electron chi connectivity index (χ4n) is 6.93. The van der Waals surface area contributed by atoms with Crippen LogP contribution in [0.4, 0.5) is 0 Å². The van der Waals surface area contributed by atoms with E-state index in [4.69, 9.17) is 4.74 Å². The van der Waals surface area contributed by atoms with E-state index in [0.29, 0.717) is 6.54 Å². The number of carbonyl (C=O) groups is 2. The molecule has 274 valence electrons. The van der Waals surface area contributed by atoms with Crippen LogP contribution >= 0.6 is 23.5 Å². The Kier molecular flexibility index (Phi) is 13.1. The highest BCUT2D eigenvalue weighted by atomic mass is 32.2. The van der Waals surface area contributed by atoms with Crippen LogP contribution in [0.15, 0.2) is 182 Å². The van der Waals surface area contributed by atoms with Crippen molar-refractivity contribution >= 4 is 35.4 Å². The average molecular weight is 751 g/mol. The zero-order valence-corrected chi connectivity index (χ0v) is 32.3. The third-order valence-electron chi connectivity index (χ3n) is 9.38. The van der Waals surface area contributed by atoms with E-state index in [9.17, 15) is 4.79 Å². The summed E-state index contributed by atoms with van der Waals surface area (Å²) in [6.07, 6.45) is 0. The lowest BCUT2D eigenvalue weighted by molar-refractivity contribution is -0.148. The average Bonchev–Trinajstić information content (AvgIpc) is 3.24. The SMILES string of the molecule is CCNCC(=O)N[C@](CSC(c1ccccc1)(c1ccccc1)c1ccccc1)(SC(c1ccccc1)(c1ccccc1)c1ccccc1)C(=O)OCC. The Morgan fingerprint density at radius 3 is 1.17 bits per heavy atom. The van der Waals surface area contributed by atoms with Gasteiger partial charge in [-0.2, -0.15) is 0 Å². The molecule has 54 heavy (non-hydrogen) atoms. The van der Waals surface area contributed by atoms with Crippen LogP contribution in [0.5, 0.6) is 0 Å². The number of hydrogen-bond donors (Lipinski definition) is 2. The Hall–Kier alpha value is -5.08. The summed E-state index contributed by atoms with van der Waals surface area (Å²) >= 11 is 3.05. The Bertz CT molecular complexity index is 1860. The predicted octanol–water partition coefficient (Wildman–Crippen LogP) is 9.42. The Labute approximate surface area is 328 Å². The second kappa shape index (κ2) is 18.3. The second-order valence-electron chi connectivity index (χ2n) is 12.8. The Balaban J connectivity index is 1.64. The first-order chi connectivity index (χ1) is 26.5. The van der Waals surface area contributed by atoms with Gasteiger partial charge in [-0.3, -0.25) is 4.79 Å². The van der Waals surface area contributed by atoms with E-state index in [-0.39, 0.29) is 24.8 Å². The lowest BCUT2D eigenvalue weighted by atomic mass is 9.84. The molecule has 0 aliphatic carbocycles. The van der Waals surface area contributed by atoms with Gasteiger partial charge in [0, 0.05) is 5.75 Å². The van der Waals surface area contributed by atoms with Gasteiger partial charge in [-0.05, 0) is 46.8 Å². The number of benzene rings is 6. The lowest BCUT2D eigenvalue weighted by Crippen LogP contribution is -2.59. The fraction of sp³-hybridized carbons (Fsp3) is 0.191. The first-order valence-electron chi connectivity index (χ1n) is 18.3. The van der Waals surface area contributed by atoms with Crippen LogP contribution in [0, 0.1) is 0 Å². The van der Waals surface area contributed by atoms with Crippen molar-refractivity contribution in [3.05, 3.63) is 215 Å². The number of ether oxygens (including phenoxy) is 1. The minimum atomic E-state index is -1.60. The summed E-state index contributed by atoms with van der Waals surface area (Å²) in [5.74, 6) is -0.658. The van der Waals surface area contributed by atoms with Crippen molar-refractivity contribution in [3.8, 4) is 0 Å². The third-order valence-corrected chi connectivity index (χ3v) is 13.1. The number of rotatable bonds is 17. The quantitative estimate of drug-likeness (QED) is 0.0551. The molecule has 5 nitrogen and oxygen atoms in total. The van der Waals surface area contributed by atoms with Gasteiger partial charge in [-0.25, -0.2) is 4.79 Å². The number of nitrogens with one attached hydrogen (secondary N) is 2. The van der Waals surface area contributed by atoms with Crippen molar-refractivity contribution in [2.24, 2.45) is 0 Å². The first-order valence-corrected chi connectivity index (χ1v) is 20.1. The zero-order valence-electron chi connectivity index (χ0n) is 30.7. The minimum Gasteiger partial charge on any atom is -0.464 e. The molecule has 0 spiro atoms. The van der Waals surface area contributed by atoms with E-state index in [2.05, 4.69) is 83.4 Å². The molecular weight excluding hydrogens is 705 g/mol.